The van der Waals surface area contributed by atoms with Gasteiger partial charge in [0.1, 0.15) is 6.10 Å². The molecule has 1 aromatic carbocycles. The van der Waals surface area contributed by atoms with Crippen molar-refractivity contribution in [2.45, 2.75) is 6.10 Å². The Kier molecular flexibility index (Phi) is 3.04. The Morgan fingerprint density at radius 1 is 1.25 bits per heavy atom. The van der Waals surface area contributed by atoms with Gasteiger partial charge in [-0.25, -0.2) is 5.90 Å². The third kappa shape index (κ3) is 1.94. The van der Waals surface area contributed by atoms with Gasteiger partial charge in [-0.05, 0) is 17.7 Å². The van der Waals surface area contributed by atoms with Gasteiger partial charge in [-0.2, -0.15) is 0 Å². The van der Waals surface area contributed by atoms with E-state index >= 15 is 0 Å². The first-order chi connectivity index (χ1) is 5.77. The lowest BCUT2D eigenvalue weighted by Crippen LogP contribution is -2.18. The number of rotatable bonds is 3. The van der Waals surface area contributed by atoms with Crippen LogP contribution in [0, 0.1) is 0 Å². The molecule has 0 radical (unpaired) electrons. The number of hydrogen-bond donors (Lipinski definition) is 3. The molecule has 0 spiro atoms. The second-order valence-corrected chi connectivity index (χ2v) is 2.53. The number of nitrogen functional groups attached to an aromatic ring is 1. The maximum Gasteiger partial charge on any atom is 0.116 e. The van der Waals surface area contributed by atoms with Crippen LogP contribution < -0.4 is 17.4 Å². The van der Waals surface area contributed by atoms with Gasteiger partial charge in [-0.1, -0.05) is 12.1 Å². The molecule has 1 rings (SSSR count). The Balaban J connectivity index is 2.80. The zero-order valence-corrected chi connectivity index (χ0v) is 6.73. The average molecular weight is 167 g/mol. The Hall–Kier alpha value is -1.10. The van der Waals surface area contributed by atoms with Crippen molar-refractivity contribution in [2.24, 2.45) is 11.6 Å². The number of hydrogen-bond acceptors (Lipinski definition) is 4. The van der Waals surface area contributed by atoms with Crippen LogP contribution in [-0.2, 0) is 4.84 Å². The number of nitrogens with two attached hydrogens (primary N) is 3. The molecule has 1 aromatic rings. The first-order valence-corrected chi connectivity index (χ1v) is 3.69. The molecular formula is C8H13N3O. The van der Waals surface area contributed by atoms with Crippen LogP contribution >= 0.6 is 0 Å². The van der Waals surface area contributed by atoms with Gasteiger partial charge in [-0.15, -0.1) is 0 Å². The van der Waals surface area contributed by atoms with Crippen LogP contribution in [-0.4, -0.2) is 6.54 Å². The summed E-state index contributed by atoms with van der Waals surface area (Å²) in [5, 5.41) is 0. The fraction of sp³-hybridized carbons (Fsp3) is 0.250. The maximum absolute atomic E-state index is 5.51. The van der Waals surface area contributed by atoms with Gasteiger partial charge in [0.2, 0.25) is 0 Å². The zero-order valence-electron chi connectivity index (χ0n) is 6.73. The van der Waals surface area contributed by atoms with E-state index in [1.807, 2.05) is 12.1 Å². The molecule has 1 atom stereocenters. The van der Waals surface area contributed by atoms with Gasteiger partial charge in [0.25, 0.3) is 0 Å². The lowest BCUT2D eigenvalue weighted by Gasteiger charge is -2.11. The van der Waals surface area contributed by atoms with Crippen molar-refractivity contribution >= 4 is 5.69 Å². The van der Waals surface area contributed by atoms with Crippen LogP contribution in [0.25, 0.3) is 0 Å². The zero-order chi connectivity index (χ0) is 8.97. The van der Waals surface area contributed by atoms with Crippen LogP contribution in [0.5, 0.6) is 0 Å². The molecule has 0 heterocycles. The van der Waals surface area contributed by atoms with Crippen LogP contribution in [0.3, 0.4) is 0 Å². The SMILES string of the molecule is NCC(ON)c1ccc(N)cc1. The largest absolute Gasteiger partial charge is 0.399 e. The van der Waals surface area contributed by atoms with Crippen molar-refractivity contribution < 1.29 is 4.84 Å². The second-order valence-electron chi connectivity index (χ2n) is 2.53. The molecule has 1 unspecified atom stereocenters. The van der Waals surface area contributed by atoms with Crippen molar-refractivity contribution in [1.82, 2.24) is 0 Å². The molecule has 0 aliphatic rings. The molecule has 4 nitrogen and oxygen atoms in total. The normalized spacial score (nSPS) is 12.8. The van der Waals surface area contributed by atoms with E-state index in [1.54, 1.807) is 12.1 Å². The smallest absolute Gasteiger partial charge is 0.116 e. The van der Waals surface area contributed by atoms with Crippen molar-refractivity contribution in [2.75, 3.05) is 12.3 Å². The van der Waals surface area contributed by atoms with E-state index in [4.69, 9.17) is 17.4 Å². The minimum Gasteiger partial charge on any atom is -0.399 e. The first kappa shape index (κ1) is 8.99. The minimum atomic E-state index is -0.245. The van der Waals surface area contributed by atoms with Gasteiger partial charge in [-0.3, -0.25) is 4.84 Å². The Morgan fingerprint density at radius 3 is 2.25 bits per heavy atom. The topological polar surface area (TPSA) is 87.3 Å². The summed E-state index contributed by atoms with van der Waals surface area (Å²) in [7, 11) is 0. The van der Waals surface area contributed by atoms with Crippen molar-refractivity contribution in [1.29, 1.82) is 0 Å². The third-order valence-corrected chi connectivity index (χ3v) is 1.69. The molecule has 66 valence electrons. The molecule has 0 saturated heterocycles. The highest BCUT2D eigenvalue weighted by molar-refractivity contribution is 5.39. The molecule has 0 fully saturated rings. The van der Waals surface area contributed by atoms with E-state index < -0.39 is 0 Å². The van der Waals surface area contributed by atoms with Crippen LogP contribution in [0.1, 0.15) is 11.7 Å². The van der Waals surface area contributed by atoms with Gasteiger partial charge >= 0.3 is 0 Å². The Bertz CT molecular complexity index is 231. The monoisotopic (exact) mass is 167 g/mol. The molecule has 4 heteroatoms. The predicted molar refractivity (Wildman–Crippen MR) is 47.9 cm³/mol. The lowest BCUT2D eigenvalue weighted by molar-refractivity contribution is 0.0590. The van der Waals surface area contributed by atoms with E-state index in [-0.39, 0.29) is 6.10 Å². The summed E-state index contributed by atoms with van der Waals surface area (Å²) < 4.78 is 0. The van der Waals surface area contributed by atoms with Crippen molar-refractivity contribution in [3.63, 3.8) is 0 Å². The minimum absolute atomic E-state index is 0.245. The molecular weight excluding hydrogens is 154 g/mol. The Morgan fingerprint density at radius 2 is 1.83 bits per heavy atom. The predicted octanol–water partition coefficient (Wildman–Crippen LogP) is 0.159. The molecule has 0 aliphatic heterocycles. The lowest BCUT2D eigenvalue weighted by atomic mass is 10.1. The average Bonchev–Trinajstić information content (AvgIpc) is 2.10. The summed E-state index contributed by atoms with van der Waals surface area (Å²) in [5.74, 6) is 5.04. The summed E-state index contributed by atoms with van der Waals surface area (Å²) in [6.45, 7) is 0.362. The second kappa shape index (κ2) is 4.06. The third-order valence-electron chi connectivity index (χ3n) is 1.69. The summed E-state index contributed by atoms with van der Waals surface area (Å²) in [6.07, 6.45) is -0.245. The molecule has 0 bridgehead atoms. The molecule has 0 amide bonds. The fourth-order valence-corrected chi connectivity index (χ4v) is 0.981. The van der Waals surface area contributed by atoms with E-state index in [2.05, 4.69) is 4.84 Å². The Labute approximate surface area is 71.2 Å². The van der Waals surface area contributed by atoms with E-state index in [0.29, 0.717) is 12.2 Å². The standard InChI is InChI=1S/C8H13N3O/c9-5-8(12-11)6-1-3-7(10)4-2-6/h1-4,8H,5,9-11H2. The molecule has 0 aromatic heterocycles. The number of anilines is 1. The summed E-state index contributed by atoms with van der Waals surface area (Å²) in [6, 6.07) is 7.27. The van der Waals surface area contributed by atoms with Crippen molar-refractivity contribution in [3.05, 3.63) is 29.8 Å². The van der Waals surface area contributed by atoms with Crippen LogP contribution in [0.2, 0.25) is 0 Å². The molecule has 0 aliphatic carbocycles. The highest BCUT2D eigenvalue weighted by atomic mass is 16.6. The fourth-order valence-electron chi connectivity index (χ4n) is 0.981. The van der Waals surface area contributed by atoms with E-state index in [9.17, 15) is 0 Å². The highest BCUT2D eigenvalue weighted by Gasteiger charge is 2.07. The van der Waals surface area contributed by atoms with E-state index in [1.165, 1.54) is 0 Å². The summed E-state index contributed by atoms with van der Waals surface area (Å²) >= 11 is 0. The summed E-state index contributed by atoms with van der Waals surface area (Å²) in [5.41, 5.74) is 12.6. The highest BCUT2D eigenvalue weighted by Crippen LogP contribution is 2.15. The van der Waals surface area contributed by atoms with Gasteiger partial charge in [0.15, 0.2) is 0 Å². The molecule has 0 saturated carbocycles. The maximum atomic E-state index is 5.51. The van der Waals surface area contributed by atoms with Crippen molar-refractivity contribution in [3.8, 4) is 0 Å². The molecule has 6 N–H and O–H groups in total. The molecule has 12 heavy (non-hydrogen) atoms. The van der Waals surface area contributed by atoms with Gasteiger partial charge < -0.3 is 11.5 Å². The first-order valence-electron chi connectivity index (χ1n) is 3.69. The van der Waals surface area contributed by atoms with Gasteiger partial charge in [0.05, 0.1) is 0 Å². The van der Waals surface area contributed by atoms with Crippen LogP contribution in [0.4, 0.5) is 5.69 Å². The van der Waals surface area contributed by atoms with Gasteiger partial charge in [0, 0.05) is 12.2 Å². The van der Waals surface area contributed by atoms with Crippen LogP contribution in [0.15, 0.2) is 24.3 Å². The summed E-state index contributed by atoms with van der Waals surface area (Å²) in [4.78, 5) is 4.66. The number of benzene rings is 1. The van der Waals surface area contributed by atoms with E-state index in [0.717, 1.165) is 5.56 Å². The quantitative estimate of drug-likeness (QED) is 0.442.